The third kappa shape index (κ3) is 2.63. The molecule has 0 bridgehead atoms. The molecule has 6 heteroatoms. The van der Waals surface area contributed by atoms with Gasteiger partial charge < -0.3 is 5.02 Å². The Hall–Kier alpha value is -1.43. The Balaban J connectivity index is 3.57. The van der Waals surface area contributed by atoms with Crippen LogP contribution in [0.4, 0.5) is 10.1 Å². The third-order valence-corrected chi connectivity index (χ3v) is 2.59. The van der Waals surface area contributed by atoms with Gasteiger partial charge in [0.1, 0.15) is 0 Å². The summed E-state index contributed by atoms with van der Waals surface area (Å²) in [4.78, 5) is 10.2. The van der Waals surface area contributed by atoms with Gasteiger partial charge in [0.15, 0.2) is 5.82 Å². The molecule has 0 atom stereocenters. The summed E-state index contributed by atoms with van der Waals surface area (Å²) in [7, 11) is 0. The lowest BCUT2D eigenvalue weighted by Gasteiger charge is -2.20. The highest BCUT2D eigenvalue weighted by Gasteiger charge is 2.31. The van der Waals surface area contributed by atoms with Crippen LogP contribution in [0.25, 0.3) is 0 Å². The van der Waals surface area contributed by atoms with E-state index in [1.807, 2.05) is 0 Å². The van der Waals surface area contributed by atoms with E-state index in [0.29, 0.717) is 5.56 Å². The van der Waals surface area contributed by atoms with Crippen LogP contribution in [0, 0.1) is 15.9 Å². The molecule has 92 valence electrons. The van der Waals surface area contributed by atoms with Crippen LogP contribution in [0.1, 0.15) is 26.3 Å². The maximum Gasteiger partial charge on any atom is 0.323 e. The zero-order valence-corrected chi connectivity index (χ0v) is 10.3. The lowest BCUT2D eigenvalue weighted by molar-refractivity contribution is -0.388. The summed E-state index contributed by atoms with van der Waals surface area (Å²) in [5.41, 5.74) is -0.800. The first-order valence-electron chi connectivity index (χ1n) is 5.31. The van der Waals surface area contributed by atoms with Gasteiger partial charge in [0.25, 0.3) is 0 Å². The van der Waals surface area contributed by atoms with E-state index in [1.54, 1.807) is 20.8 Å². The number of hydrogen-bond acceptors (Lipinski definition) is 3. The highest BCUT2D eigenvalue weighted by Crippen LogP contribution is 2.32. The number of rotatable bonds is 2. The Morgan fingerprint density at radius 1 is 1.41 bits per heavy atom. The second-order valence-corrected chi connectivity index (χ2v) is 5.05. The summed E-state index contributed by atoms with van der Waals surface area (Å²) >= 11 is 0. The molecule has 1 rings (SSSR count). The van der Waals surface area contributed by atoms with Gasteiger partial charge in [0.05, 0.1) is 4.92 Å². The zero-order chi connectivity index (χ0) is 13.4. The van der Waals surface area contributed by atoms with Crippen LogP contribution in [-0.2, 0) is 5.41 Å². The maximum atomic E-state index is 14.0. The van der Waals surface area contributed by atoms with Gasteiger partial charge in [-0.3, -0.25) is 10.1 Å². The van der Waals surface area contributed by atoms with Gasteiger partial charge in [0, 0.05) is 5.56 Å². The second kappa shape index (κ2) is 4.45. The van der Waals surface area contributed by atoms with E-state index in [9.17, 15) is 19.5 Å². The molecule has 0 saturated heterocycles. The largest absolute Gasteiger partial charge is 0.446 e. The van der Waals surface area contributed by atoms with E-state index in [2.05, 4.69) is 0 Å². The van der Waals surface area contributed by atoms with Gasteiger partial charge in [-0.25, -0.2) is 0 Å². The van der Waals surface area contributed by atoms with E-state index in [4.69, 9.17) is 0 Å². The van der Waals surface area contributed by atoms with Gasteiger partial charge in [-0.2, -0.15) is 4.39 Å². The Bertz CT molecular complexity index is 455. The summed E-state index contributed by atoms with van der Waals surface area (Å²) in [5.74, 6) is -0.947. The fourth-order valence-corrected chi connectivity index (χ4v) is 1.69. The molecule has 1 aromatic rings. The predicted octanol–water partition coefficient (Wildman–Crippen LogP) is 1.85. The average Bonchev–Trinajstić information content (AvgIpc) is 2.14. The minimum absolute atomic E-state index is 0.0512. The first-order valence-corrected chi connectivity index (χ1v) is 5.31. The molecule has 0 unspecified atom stereocenters. The number of nitro benzene ring substituents is 1. The molecule has 0 radical (unpaired) electrons. The first kappa shape index (κ1) is 13.6. The van der Waals surface area contributed by atoms with Crippen LogP contribution in [0.15, 0.2) is 12.1 Å². The number of benzene rings is 1. The highest BCUT2D eigenvalue weighted by atomic mass is 19.1. The molecule has 0 aliphatic heterocycles. The van der Waals surface area contributed by atoms with Gasteiger partial charge in [-0.05, 0) is 10.9 Å². The average molecular weight is 239 g/mol. The summed E-state index contributed by atoms with van der Waals surface area (Å²) in [6.45, 7) is 5.63. The van der Waals surface area contributed by atoms with Crippen LogP contribution in [0.2, 0.25) is 6.82 Å². The first-order chi connectivity index (χ1) is 7.66. The van der Waals surface area contributed by atoms with Crippen LogP contribution in [0.3, 0.4) is 0 Å². The van der Waals surface area contributed by atoms with Crippen molar-refractivity contribution in [2.24, 2.45) is 0 Å². The number of nitrogens with zero attached hydrogens (tertiary/aromatic N) is 1. The van der Waals surface area contributed by atoms with Crippen molar-refractivity contribution in [1.29, 1.82) is 0 Å². The molecule has 4 nitrogen and oxygen atoms in total. The lowest BCUT2D eigenvalue weighted by atomic mass is 9.63. The summed E-state index contributed by atoms with van der Waals surface area (Å²) < 4.78 is 14.0. The van der Waals surface area contributed by atoms with Crippen LogP contribution >= 0.6 is 0 Å². The van der Waals surface area contributed by atoms with Crippen molar-refractivity contribution in [3.63, 3.8) is 0 Å². The smallest absolute Gasteiger partial charge is 0.323 e. The molecule has 1 N–H and O–H groups in total. The van der Waals surface area contributed by atoms with Crippen LogP contribution in [0.5, 0.6) is 0 Å². The Morgan fingerprint density at radius 2 is 1.94 bits per heavy atom. The van der Waals surface area contributed by atoms with Crippen LogP contribution in [-0.4, -0.2) is 16.9 Å². The third-order valence-electron chi connectivity index (χ3n) is 2.59. The quantitative estimate of drug-likeness (QED) is 0.486. The number of halogens is 1. The SMILES string of the molecule is CB(O)c1ccc(C(C)(C)C)c([N+](=O)[O-])c1F. The van der Waals surface area contributed by atoms with E-state index >= 15 is 0 Å². The van der Waals surface area contributed by atoms with Gasteiger partial charge >= 0.3 is 12.6 Å². The summed E-state index contributed by atoms with van der Waals surface area (Å²) in [6.07, 6.45) is 0. The number of nitro groups is 1. The van der Waals surface area contributed by atoms with Gasteiger partial charge in [-0.1, -0.05) is 39.7 Å². The molecule has 0 heterocycles. The molecule has 0 aromatic heterocycles. The minimum atomic E-state index is -1.07. The summed E-state index contributed by atoms with van der Waals surface area (Å²) in [5, 5.41) is 20.3. The van der Waals surface area contributed by atoms with E-state index in [-0.39, 0.29) is 5.46 Å². The molecular formula is C11H15BFNO3. The molecule has 0 amide bonds. The standard InChI is InChI=1S/C11H15BFNO3/c1-11(2,3)7-5-6-8(12(4)15)9(13)10(7)14(16)17/h5-6,15H,1-4H3. The molecular weight excluding hydrogens is 224 g/mol. The summed E-state index contributed by atoms with van der Waals surface area (Å²) in [6, 6.07) is 2.90. The minimum Gasteiger partial charge on any atom is -0.446 e. The lowest BCUT2D eigenvalue weighted by Crippen LogP contribution is -2.31. The van der Waals surface area contributed by atoms with Gasteiger partial charge in [-0.15, -0.1) is 0 Å². The van der Waals surface area contributed by atoms with Crippen molar-refractivity contribution in [2.75, 3.05) is 0 Å². The van der Waals surface area contributed by atoms with E-state index in [0.717, 1.165) is 0 Å². The predicted molar refractivity (Wildman–Crippen MR) is 65.2 cm³/mol. The zero-order valence-electron chi connectivity index (χ0n) is 10.3. The second-order valence-electron chi connectivity index (χ2n) is 5.05. The normalized spacial score (nSPS) is 11.4. The van der Waals surface area contributed by atoms with Crippen molar-refractivity contribution >= 4 is 18.1 Å². The fraction of sp³-hybridized carbons (Fsp3) is 0.455. The molecule has 0 aliphatic carbocycles. The van der Waals surface area contributed by atoms with Crippen molar-refractivity contribution < 1.29 is 14.3 Å². The molecule has 0 saturated carbocycles. The van der Waals surface area contributed by atoms with Crippen molar-refractivity contribution in [2.45, 2.75) is 33.0 Å². The monoisotopic (exact) mass is 239 g/mol. The van der Waals surface area contributed by atoms with Crippen molar-refractivity contribution in [3.8, 4) is 0 Å². The Morgan fingerprint density at radius 3 is 2.29 bits per heavy atom. The Labute approximate surface area is 99.7 Å². The molecule has 0 fully saturated rings. The van der Waals surface area contributed by atoms with Crippen molar-refractivity contribution in [1.82, 2.24) is 0 Å². The number of hydrogen-bond donors (Lipinski definition) is 1. The fourth-order valence-electron chi connectivity index (χ4n) is 1.69. The van der Waals surface area contributed by atoms with E-state index < -0.39 is 28.8 Å². The molecule has 0 aliphatic rings. The maximum absolute atomic E-state index is 14.0. The van der Waals surface area contributed by atoms with Crippen LogP contribution < -0.4 is 5.46 Å². The van der Waals surface area contributed by atoms with E-state index in [1.165, 1.54) is 19.0 Å². The van der Waals surface area contributed by atoms with Crippen molar-refractivity contribution in [3.05, 3.63) is 33.6 Å². The van der Waals surface area contributed by atoms with Gasteiger partial charge in [0.2, 0.25) is 0 Å². The molecule has 0 spiro atoms. The molecule has 1 aromatic carbocycles. The Kier molecular flexibility index (Phi) is 3.57. The topological polar surface area (TPSA) is 63.4 Å². The molecule has 17 heavy (non-hydrogen) atoms. The highest BCUT2D eigenvalue weighted by molar-refractivity contribution is 6.65.